The summed E-state index contributed by atoms with van der Waals surface area (Å²) in [6, 6.07) is 6.74. The number of methoxy groups -OCH3 is 1. The highest BCUT2D eigenvalue weighted by atomic mass is 35.5. The number of hydrogen-bond donors (Lipinski definition) is 2. The molecule has 0 spiro atoms. The maximum atomic E-state index is 12.6. The summed E-state index contributed by atoms with van der Waals surface area (Å²) in [7, 11) is -1.83. The third-order valence-electron chi connectivity index (χ3n) is 5.30. The molecule has 0 saturated carbocycles. The predicted octanol–water partition coefficient (Wildman–Crippen LogP) is 1.28. The molecule has 2 N–H and O–H groups in total. The van der Waals surface area contributed by atoms with Gasteiger partial charge in [0.2, 0.25) is 10.0 Å². The van der Waals surface area contributed by atoms with Crippen molar-refractivity contribution in [2.24, 2.45) is 0 Å². The van der Waals surface area contributed by atoms with E-state index in [2.05, 4.69) is 10.6 Å². The van der Waals surface area contributed by atoms with E-state index < -0.39 is 15.6 Å². The summed E-state index contributed by atoms with van der Waals surface area (Å²) in [6.45, 7) is 3.04. The van der Waals surface area contributed by atoms with Crippen LogP contribution in [-0.2, 0) is 26.1 Å². The molecule has 9 heteroatoms. The number of piperidine rings is 1. The van der Waals surface area contributed by atoms with E-state index in [0.717, 1.165) is 31.5 Å². The monoisotopic (exact) mass is 417 g/mol. The molecule has 0 unspecified atom stereocenters. The zero-order chi connectivity index (χ0) is 18.6. The molecule has 3 rings (SSSR count). The van der Waals surface area contributed by atoms with Crippen LogP contribution in [0, 0.1) is 0 Å². The van der Waals surface area contributed by atoms with E-state index >= 15 is 0 Å². The molecule has 0 atom stereocenters. The van der Waals surface area contributed by atoms with Crippen LogP contribution in [0.25, 0.3) is 0 Å². The lowest BCUT2D eigenvalue weighted by Crippen LogP contribution is -2.53. The number of carbonyl (C=O) groups excluding carboxylic acids is 1. The highest BCUT2D eigenvalue weighted by Gasteiger charge is 2.39. The minimum atomic E-state index is -3.40. The highest BCUT2D eigenvalue weighted by molar-refractivity contribution is 7.89. The summed E-state index contributed by atoms with van der Waals surface area (Å²) in [4.78, 5) is 12.9. The van der Waals surface area contributed by atoms with E-state index in [4.69, 9.17) is 4.74 Å². The first-order chi connectivity index (χ1) is 12.5. The Labute approximate surface area is 167 Å². The van der Waals surface area contributed by atoms with Gasteiger partial charge in [-0.25, -0.2) is 8.42 Å². The predicted molar refractivity (Wildman–Crippen MR) is 105 cm³/mol. The molecular weight excluding hydrogens is 390 g/mol. The molecule has 0 aliphatic carbocycles. The minimum Gasteiger partial charge on any atom is -0.368 e. The third kappa shape index (κ3) is 4.81. The first-order valence-electron chi connectivity index (χ1n) is 9.11. The van der Waals surface area contributed by atoms with Crippen LogP contribution < -0.4 is 10.6 Å². The van der Waals surface area contributed by atoms with Crippen molar-refractivity contribution in [2.45, 2.75) is 42.7 Å². The lowest BCUT2D eigenvalue weighted by atomic mass is 9.91. The molecule has 0 aromatic heterocycles. The Morgan fingerprint density at radius 2 is 1.78 bits per heavy atom. The van der Waals surface area contributed by atoms with Crippen molar-refractivity contribution in [3.8, 4) is 0 Å². The molecule has 2 saturated heterocycles. The van der Waals surface area contributed by atoms with Gasteiger partial charge < -0.3 is 15.4 Å². The molecule has 2 fully saturated rings. The zero-order valence-electron chi connectivity index (χ0n) is 15.6. The smallest absolute Gasteiger partial charge is 0.252 e. The second kappa shape index (κ2) is 9.34. The number of nitrogens with one attached hydrogen (secondary N) is 2. The number of halogens is 1. The van der Waals surface area contributed by atoms with Crippen LogP contribution in [0.4, 0.5) is 0 Å². The van der Waals surface area contributed by atoms with Crippen molar-refractivity contribution in [3.63, 3.8) is 0 Å². The average Bonchev–Trinajstić information content (AvgIpc) is 3.22. The summed E-state index contributed by atoms with van der Waals surface area (Å²) < 4.78 is 32.1. The van der Waals surface area contributed by atoms with Gasteiger partial charge in [0.25, 0.3) is 5.91 Å². The molecule has 2 aliphatic rings. The van der Waals surface area contributed by atoms with Gasteiger partial charge in [0.15, 0.2) is 0 Å². The highest BCUT2D eigenvalue weighted by Crippen LogP contribution is 2.23. The standard InChI is InChI=1S/C18H27N3O4S.ClH/c1-25-18(8-10-19-11-9-18)17(22)20-14-15-4-6-16(7-5-15)26(23,24)21-12-2-3-13-21;/h4-7,19H,2-3,8-14H2,1H3,(H,20,22);1H. The quantitative estimate of drug-likeness (QED) is 0.728. The molecule has 2 heterocycles. The van der Waals surface area contributed by atoms with Gasteiger partial charge in [-0.2, -0.15) is 4.31 Å². The van der Waals surface area contributed by atoms with Crippen molar-refractivity contribution >= 4 is 28.3 Å². The molecule has 0 radical (unpaired) electrons. The lowest BCUT2D eigenvalue weighted by molar-refractivity contribution is -0.146. The van der Waals surface area contributed by atoms with Crippen LogP contribution in [0.3, 0.4) is 0 Å². The summed E-state index contributed by atoms with van der Waals surface area (Å²) in [5.74, 6) is -0.115. The molecule has 1 amide bonds. The second-order valence-electron chi connectivity index (χ2n) is 6.89. The van der Waals surface area contributed by atoms with E-state index in [1.807, 2.05) is 0 Å². The largest absolute Gasteiger partial charge is 0.368 e. The van der Waals surface area contributed by atoms with Crippen molar-refractivity contribution < 1.29 is 17.9 Å². The minimum absolute atomic E-state index is 0. The zero-order valence-corrected chi connectivity index (χ0v) is 17.2. The number of amides is 1. The van der Waals surface area contributed by atoms with Gasteiger partial charge in [0.05, 0.1) is 4.90 Å². The van der Waals surface area contributed by atoms with Crippen molar-refractivity contribution in [1.29, 1.82) is 0 Å². The van der Waals surface area contributed by atoms with Gasteiger partial charge >= 0.3 is 0 Å². The van der Waals surface area contributed by atoms with E-state index in [1.54, 1.807) is 31.4 Å². The Kier molecular flexibility index (Phi) is 7.64. The van der Waals surface area contributed by atoms with Crippen LogP contribution in [0.2, 0.25) is 0 Å². The Bertz CT molecular complexity index is 727. The second-order valence-corrected chi connectivity index (χ2v) is 8.82. The van der Waals surface area contributed by atoms with Gasteiger partial charge in [-0.05, 0) is 56.5 Å². The van der Waals surface area contributed by atoms with Crippen LogP contribution in [0.15, 0.2) is 29.2 Å². The summed E-state index contributed by atoms with van der Waals surface area (Å²) in [5, 5.41) is 6.15. The maximum absolute atomic E-state index is 12.6. The first kappa shape index (κ1) is 22.1. The Balaban J connectivity index is 0.00000261. The van der Waals surface area contributed by atoms with Crippen molar-refractivity contribution in [2.75, 3.05) is 33.3 Å². The molecule has 7 nitrogen and oxygen atoms in total. The van der Waals surface area contributed by atoms with Crippen molar-refractivity contribution in [1.82, 2.24) is 14.9 Å². The number of sulfonamides is 1. The number of rotatable bonds is 6. The molecule has 1 aromatic rings. The fraction of sp³-hybridized carbons (Fsp3) is 0.611. The first-order valence-corrected chi connectivity index (χ1v) is 10.6. The molecule has 1 aromatic carbocycles. The Morgan fingerprint density at radius 1 is 1.19 bits per heavy atom. The third-order valence-corrected chi connectivity index (χ3v) is 7.21. The fourth-order valence-electron chi connectivity index (χ4n) is 3.55. The van der Waals surface area contributed by atoms with E-state index in [1.165, 1.54) is 4.31 Å². The number of hydrogen-bond acceptors (Lipinski definition) is 5. The van der Waals surface area contributed by atoms with E-state index in [-0.39, 0.29) is 18.3 Å². The summed E-state index contributed by atoms with van der Waals surface area (Å²) in [6.07, 6.45) is 3.12. The van der Waals surface area contributed by atoms with Crippen LogP contribution in [0.1, 0.15) is 31.2 Å². The van der Waals surface area contributed by atoms with Gasteiger partial charge in [-0.1, -0.05) is 12.1 Å². The van der Waals surface area contributed by atoms with Gasteiger partial charge in [-0.3, -0.25) is 4.79 Å². The molecular formula is C18H28ClN3O4S. The average molecular weight is 418 g/mol. The van der Waals surface area contributed by atoms with Crippen molar-refractivity contribution in [3.05, 3.63) is 29.8 Å². The lowest BCUT2D eigenvalue weighted by Gasteiger charge is -2.34. The van der Waals surface area contributed by atoms with Gasteiger partial charge in [-0.15, -0.1) is 12.4 Å². The number of benzene rings is 1. The topological polar surface area (TPSA) is 87.7 Å². The van der Waals surface area contributed by atoms with Crippen LogP contribution >= 0.6 is 12.4 Å². The number of ether oxygens (including phenoxy) is 1. The molecule has 27 heavy (non-hydrogen) atoms. The Hall–Kier alpha value is -1.19. The van der Waals surface area contributed by atoms with Gasteiger partial charge in [0.1, 0.15) is 5.60 Å². The van der Waals surface area contributed by atoms with E-state index in [9.17, 15) is 13.2 Å². The maximum Gasteiger partial charge on any atom is 0.252 e. The number of nitrogens with zero attached hydrogens (tertiary/aromatic N) is 1. The molecule has 152 valence electrons. The van der Waals surface area contributed by atoms with E-state index in [0.29, 0.717) is 37.4 Å². The van der Waals surface area contributed by atoms with Crippen LogP contribution in [0.5, 0.6) is 0 Å². The normalized spacial score (nSPS) is 20.0. The molecule has 0 bridgehead atoms. The van der Waals surface area contributed by atoms with Crippen LogP contribution in [-0.4, -0.2) is 57.5 Å². The molecule has 2 aliphatic heterocycles. The summed E-state index contributed by atoms with van der Waals surface area (Å²) >= 11 is 0. The number of carbonyl (C=O) groups is 1. The fourth-order valence-corrected chi connectivity index (χ4v) is 5.07. The Morgan fingerprint density at radius 3 is 2.33 bits per heavy atom. The summed E-state index contributed by atoms with van der Waals surface area (Å²) in [5.41, 5.74) is 0.0866. The SMILES string of the molecule is COC1(C(=O)NCc2ccc(S(=O)(=O)N3CCCC3)cc2)CCNCC1.Cl. The van der Waals surface area contributed by atoms with Gasteiger partial charge in [0, 0.05) is 26.7 Å².